The Morgan fingerprint density at radius 3 is 2.53 bits per heavy atom. The van der Waals surface area contributed by atoms with Crippen molar-refractivity contribution in [2.45, 2.75) is 25.6 Å². The predicted molar refractivity (Wildman–Crippen MR) is 126 cm³/mol. The molecule has 2 aliphatic heterocycles. The summed E-state index contributed by atoms with van der Waals surface area (Å²) < 4.78 is 55.6. The number of nitrogens with one attached hydrogen (secondary N) is 2. The fourth-order valence-corrected chi connectivity index (χ4v) is 5.36. The number of benzene rings is 3. The van der Waals surface area contributed by atoms with Crippen LogP contribution in [0.2, 0.25) is 0 Å². The summed E-state index contributed by atoms with van der Waals surface area (Å²) >= 11 is 0. The Bertz CT molecular complexity index is 1330. The van der Waals surface area contributed by atoms with Gasteiger partial charge in [0.2, 0.25) is 0 Å². The summed E-state index contributed by atoms with van der Waals surface area (Å²) in [5.41, 5.74) is 0.527. The van der Waals surface area contributed by atoms with Crippen molar-refractivity contribution < 1.29 is 27.1 Å². The van der Waals surface area contributed by atoms with E-state index in [1.54, 1.807) is 24.3 Å². The van der Waals surface area contributed by atoms with E-state index in [0.717, 1.165) is 31.5 Å². The molecule has 2 fully saturated rings. The number of piperidine rings is 1. The minimum atomic E-state index is -4.24. The molecule has 0 bridgehead atoms. The van der Waals surface area contributed by atoms with Gasteiger partial charge in [0.25, 0.3) is 5.91 Å². The first-order valence-corrected chi connectivity index (χ1v) is 12.5. The summed E-state index contributed by atoms with van der Waals surface area (Å²) in [7, 11) is -4.24. The largest absolute Gasteiger partial charge is 0.490 e. The van der Waals surface area contributed by atoms with Gasteiger partial charge in [-0.25, -0.2) is 13.4 Å². The van der Waals surface area contributed by atoms with E-state index in [4.69, 9.17) is 9.47 Å². The van der Waals surface area contributed by atoms with Gasteiger partial charge in [0.15, 0.2) is 5.82 Å². The van der Waals surface area contributed by atoms with Gasteiger partial charge in [0.05, 0.1) is 0 Å². The molecule has 34 heavy (non-hydrogen) atoms. The maximum atomic E-state index is 15.9. The second kappa shape index (κ2) is 9.11. The Balaban J connectivity index is 1.56. The number of amides is 1. The zero-order valence-corrected chi connectivity index (χ0v) is 19.1. The molecular weight excluding hydrogens is 461 g/mol. The van der Waals surface area contributed by atoms with Crippen molar-refractivity contribution >= 4 is 32.6 Å². The van der Waals surface area contributed by atoms with E-state index in [9.17, 15) is 13.2 Å². The third-order valence-electron chi connectivity index (χ3n) is 5.88. The van der Waals surface area contributed by atoms with Gasteiger partial charge in [-0.15, -0.1) is 0 Å². The molecule has 2 N–H and O–H groups in total. The molecule has 8 nitrogen and oxygen atoms in total. The number of fused-ring (bicyclic) bond motifs is 1. The SMILES string of the molecule is O=C1CN(c2c(OCc3ccccc3)cc3ccc(OC4CCNCC4)cc3c2F)S(=O)(=O)N1. The molecule has 2 heterocycles. The van der Waals surface area contributed by atoms with Crippen LogP contribution in [0, 0.1) is 5.82 Å². The number of anilines is 1. The number of rotatable bonds is 6. The highest BCUT2D eigenvalue weighted by Gasteiger charge is 2.38. The Kier molecular flexibility index (Phi) is 6.01. The molecule has 178 valence electrons. The van der Waals surface area contributed by atoms with Gasteiger partial charge in [-0.1, -0.05) is 36.4 Å². The normalized spacial score (nSPS) is 18.1. The molecule has 5 rings (SSSR count). The standard InChI is InChI=1S/C24H24FN3O5S/c25-23-20-13-19(33-18-8-10-26-11-9-18)7-6-17(20)12-21(32-15-16-4-2-1-3-5-16)24(23)28-14-22(29)27-34(28,30)31/h1-7,12-13,18,26H,8-11,14-15H2,(H,27,29). The van der Waals surface area contributed by atoms with Crippen molar-refractivity contribution in [2.24, 2.45) is 0 Å². The van der Waals surface area contributed by atoms with Crippen LogP contribution in [0.4, 0.5) is 10.1 Å². The first kappa shape index (κ1) is 22.4. The van der Waals surface area contributed by atoms with E-state index < -0.39 is 28.5 Å². The van der Waals surface area contributed by atoms with Gasteiger partial charge >= 0.3 is 10.2 Å². The number of ether oxygens (including phenoxy) is 2. The molecule has 3 aromatic carbocycles. The lowest BCUT2D eigenvalue weighted by molar-refractivity contribution is -0.117. The first-order chi connectivity index (χ1) is 16.4. The highest BCUT2D eigenvalue weighted by molar-refractivity contribution is 7.92. The van der Waals surface area contributed by atoms with Crippen LogP contribution in [0.25, 0.3) is 10.8 Å². The van der Waals surface area contributed by atoms with Crippen molar-refractivity contribution in [2.75, 3.05) is 23.9 Å². The van der Waals surface area contributed by atoms with Crippen molar-refractivity contribution in [3.8, 4) is 11.5 Å². The van der Waals surface area contributed by atoms with Crippen LogP contribution in [-0.2, 0) is 21.6 Å². The van der Waals surface area contributed by atoms with Crippen LogP contribution in [0.15, 0.2) is 54.6 Å². The summed E-state index contributed by atoms with van der Waals surface area (Å²) in [6.07, 6.45) is 1.71. The molecule has 0 unspecified atom stereocenters. The monoisotopic (exact) mass is 485 g/mol. The quantitative estimate of drug-likeness (QED) is 0.557. The summed E-state index contributed by atoms with van der Waals surface area (Å²) in [6.45, 7) is 1.28. The number of carbonyl (C=O) groups is 1. The smallest absolute Gasteiger partial charge is 0.326 e. The fraction of sp³-hybridized carbons (Fsp3) is 0.292. The van der Waals surface area contributed by atoms with Gasteiger partial charge < -0.3 is 14.8 Å². The number of halogens is 1. The lowest BCUT2D eigenvalue weighted by Gasteiger charge is -2.24. The lowest BCUT2D eigenvalue weighted by Crippen LogP contribution is -2.34. The molecule has 0 atom stereocenters. The molecule has 10 heteroatoms. The summed E-state index contributed by atoms with van der Waals surface area (Å²) in [5, 5.41) is 3.98. The lowest BCUT2D eigenvalue weighted by atomic mass is 10.1. The summed E-state index contributed by atoms with van der Waals surface area (Å²) in [6, 6.07) is 15.9. The Labute approximate surface area is 196 Å². The van der Waals surface area contributed by atoms with E-state index in [-0.39, 0.29) is 29.5 Å². The maximum absolute atomic E-state index is 15.9. The van der Waals surface area contributed by atoms with E-state index in [0.29, 0.717) is 15.4 Å². The second-order valence-electron chi connectivity index (χ2n) is 8.30. The van der Waals surface area contributed by atoms with Crippen LogP contribution in [0.5, 0.6) is 11.5 Å². The van der Waals surface area contributed by atoms with Crippen molar-refractivity contribution in [1.29, 1.82) is 0 Å². The topological polar surface area (TPSA) is 97.0 Å². The molecule has 0 radical (unpaired) electrons. The van der Waals surface area contributed by atoms with Crippen molar-refractivity contribution in [3.05, 3.63) is 66.0 Å². The molecule has 3 aromatic rings. The highest BCUT2D eigenvalue weighted by Crippen LogP contribution is 2.40. The molecule has 0 saturated carbocycles. The molecule has 2 aliphatic rings. The van der Waals surface area contributed by atoms with Crippen LogP contribution in [0.3, 0.4) is 0 Å². The zero-order valence-electron chi connectivity index (χ0n) is 18.3. The molecule has 0 aliphatic carbocycles. The van der Waals surface area contributed by atoms with Gasteiger partial charge in [-0.3, -0.25) is 4.79 Å². The van der Waals surface area contributed by atoms with Crippen LogP contribution in [-0.4, -0.2) is 40.1 Å². The minimum absolute atomic E-state index is 0.0236. The summed E-state index contributed by atoms with van der Waals surface area (Å²) in [4.78, 5) is 11.9. The fourth-order valence-electron chi connectivity index (χ4n) is 4.20. The Morgan fingerprint density at radius 1 is 1.06 bits per heavy atom. The number of hydrogen-bond acceptors (Lipinski definition) is 6. The molecule has 0 spiro atoms. The second-order valence-corrected chi connectivity index (χ2v) is 9.89. The molecule has 0 aromatic heterocycles. The van der Waals surface area contributed by atoms with E-state index >= 15 is 4.39 Å². The van der Waals surface area contributed by atoms with Crippen LogP contribution in [0.1, 0.15) is 18.4 Å². The number of carbonyl (C=O) groups excluding carboxylic acids is 1. The third kappa shape index (κ3) is 4.51. The maximum Gasteiger partial charge on any atom is 0.326 e. The van der Waals surface area contributed by atoms with E-state index in [2.05, 4.69) is 5.32 Å². The van der Waals surface area contributed by atoms with Gasteiger partial charge in [-0.05, 0) is 55.1 Å². The Hall–Kier alpha value is -3.37. The Morgan fingerprint density at radius 2 is 1.82 bits per heavy atom. The first-order valence-electron chi connectivity index (χ1n) is 11.0. The van der Waals surface area contributed by atoms with Gasteiger partial charge in [-0.2, -0.15) is 8.42 Å². The molecular formula is C24H24FN3O5S. The van der Waals surface area contributed by atoms with Gasteiger partial charge in [0, 0.05) is 5.39 Å². The third-order valence-corrected chi connectivity index (χ3v) is 7.26. The average molecular weight is 486 g/mol. The molecule has 2 saturated heterocycles. The predicted octanol–water partition coefficient (Wildman–Crippen LogP) is 2.87. The van der Waals surface area contributed by atoms with E-state index in [1.807, 2.05) is 35.1 Å². The zero-order chi connectivity index (χ0) is 23.7. The number of hydrogen-bond donors (Lipinski definition) is 2. The van der Waals surface area contributed by atoms with Crippen LogP contribution >= 0.6 is 0 Å². The molecule has 1 amide bonds. The average Bonchev–Trinajstić information content (AvgIpc) is 3.10. The highest BCUT2D eigenvalue weighted by atomic mass is 32.2. The number of nitrogens with zero attached hydrogens (tertiary/aromatic N) is 1. The van der Waals surface area contributed by atoms with E-state index in [1.165, 1.54) is 0 Å². The van der Waals surface area contributed by atoms with Crippen molar-refractivity contribution in [3.63, 3.8) is 0 Å². The van der Waals surface area contributed by atoms with Gasteiger partial charge in [0.1, 0.15) is 36.4 Å². The van der Waals surface area contributed by atoms with Crippen molar-refractivity contribution in [1.82, 2.24) is 10.0 Å². The van der Waals surface area contributed by atoms with Crippen LogP contribution < -0.4 is 23.8 Å². The summed E-state index contributed by atoms with van der Waals surface area (Å²) in [5.74, 6) is -1.01. The minimum Gasteiger partial charge on any atom is -0.490 e.